The van der Waals surface area contributed by atoms with Crippen LogP contribution in [0.5, 0.6) is 0 Å². The first-order chi connectivity index (χ1) is 14.2. The molecular formula is C21H26F3N5O. The Morgan fingerprint density at radius 1 is 1.20 bits per heavy atom. The van der Waals surface area contributed by atoms with Crippen molar-refractivity contribution < 1.29 is 18.0 Å². The molecule has 0 aromatic heterocycles. The van der Waals surface area contributed by atoms with Crippen LogP contribution in [0.15, 0.2) is 24.3 Å². The van der Waals surface area contributed by atoms with Gasteiger partial charge in [0.25, 0.3) is 0 Å². The van der Waals surface area contributed by atoms with Gasteiger partial charge in [-0.25, -0.2) is 13.2 Å². The fraction of sp³-hybridized carbons (Fsp3) is 0.381. The Hall–Kier alpha value is -2.78. The molecule has 3 rings (SSSR count). The van der Waals surface area contributed by atoms with Gasteiger partial charge in [0.2, 0.25) is 5.91 Å². The van der Waals surface area contributed by atoms with Crippen LogP contribution in [0.25, 0.3) is 11.1 Å². The molecule has 1 aliphatic heterocycles. The standard InChI is InChI=1S/C21H26F3N5O/c1-27-20(21(30)28-9-11-7-8-29(2)10-11)13-4-3-12(17(23)19(13)26)16-14(22)5-6-15(25)18(16)24/h3-6,11,20,27H,7-10,25-26H2,1-2H3,(H,28,30). The molecule has 1 fully saturated rings. The van der Waals surface area contributed by atoms with Gasteiger partial charge >= 0.3 is 0 Å². The summed E-state index contributed by atoms with van der Waals surface area (Å²) in [5.41, 5.74) is 9.98. The molecule has 2 aromatic carbocycles. The van der Waals surface area contributed by atoms with E-state index in [1.165, 1.54) is 12.1 Å². The van der Waals surface area contributed by atoms with Crippen molar-refractivity contribution in [3.8, 4) is 11.1 Å². The molecular weight excluding hydrogens is 395 g/mol. The Kier molecular flexibility index (Phi) is 6.52. The van der Waals surface area contributed by atoms with E-state index in [4.69, 9.17) is 11.5 Å². The second-order valence-corrected chi connectivity index (χ2v) is 7.64. The summed E-state index contributed by atoms with van der Waals surface area (Å²) in [6.45, 7) is 2.38. The number of carbonyl (C=O) groups is 1. The summed E-state index contributed by atoms with van der Waals surface area (Å²) >= 11 is 0. The van der Waals surface area contributed by atoms with Crippen molar-refractivity contribution in [3.63, 3.8) is 0 Å². The monoisotopic (exact) mass is 421 g/mol. The lowest BCUT2D eigenvalue weighted by atomic mass is 9.96. The van der Waals surface area contributed by atoms with Gasteiger partial charge in [0, 0.05) is 24.2 Å². The van der Waals surface area contributed by atoms with Crippen LogP contribution < -0.4 is 22.1 Å². The summed E-state index contributed by atoms with van der Waals surface area (Å²) in [5.74, 6) is -3.04. The number of likely N-dealkylation sites (N-methyl/N-ethyl adjacent to an activating group) is 1. The molecule has 6 N–H and O–H groups in total. The molecule has 0 radical (unpaired) electrons. The zero-order valence-corrected chi connectivity index (χ0v) is 16.9. The molecule has 162 valence electrons. The highest BCUT2D eigenvalue weighted by Crippen LogP contribution is 2.36. The van der Waals surface area contributed by atoms with Gasteiger partial charge in [-0.15, -0.1) is 0 Å². The van der Waals surface area contributed by atoms with Gasteiger partial charge in [-0.1, -0.05) is 12.1 Å². The number of anilines is 2. The number of rotatable bonds is 6. The first-order valence-electron chi connectivity index (χ1n) is 9.69. The van der Waals surface area contributed by atoms with Crippen molar-refractivity contribution in [2.75, 3.05) is 45.2 Å². The summed E-state index contributed by atoms with van der Waals surface area (Å²) in [5, 5.41) is 5.69. The third-order valence-corrected chi connectivity index (χ3v) is 5.52. The Labute approximate surface area is 173 Å². The fourth-order valence-electron chi connectivity index (χ4n) is 3.84. The molecule has 1 aliphatic rings. The third kappa shape index (κ3) is 4.22. The third-order valence-electron chi connectivity index (χ3n) is 5.52. The van der Waals surface area contributed by atoms with Gasteiger partial charge < -0.3 is 27.0 Å². The number of likely N-dealkylation sites (tertiary alicyclic amines) is 1. The van der Waals surface area contributed by atoms with E-state index in [1.54, 1.807) is 7.05 Å². The molecule has 0 saturated carbocycles. The van der Waals surface area contributed by atoms with Crippen molar-refractivity contribution >= 4 is 17.3 Å². The Morgan fingerprint density at radius 3 is 2.57 bits per heavy atom. The van der Waals surface area contributed by atoms with Crippen LogP contribution in [0.1, 0.15) is 18.0 Å². The van der Waals surface area contributed by atoms with Crippen LogP contribution in [0.4, 0.5) is 24.5 Å². The normalized spacial score (nSPS) is 17.8. The second kappa shape index (κ2) is 8.93. The van der Waals surface area contributed by atoms with Crippen LogP contribution in [-0.2, 0) is 4.79 Å². The fourth-order valence-corrected chi connectivity index (χ4v) is 3.84. The van der Waals surface area contributed by atoms with E-state index in [9.17, 15) is 13.6 Å². The molecule has 2 aromatic rings. The summed E-state index contributed by atoms with van der Waals surface area (Å²) in [7, 11) is 3.57. The van der Waals surface area contributed by atoms with Crippen LogP contribution in [0.2, 0.25) is 0 Å². The lowest BCUT2D eigenvalue weighted by Crippen LogP contribution is -2.39. The number of hydrogen-bond acceptors (Lipinski definition) is 5. The molecule has 2 unspecified atom stereocenters. The summed E-state index contributed by atoms with van der Waals surface area (Å²) in [4.78, 5) is 14.9. The molecule has 0 spiro atoms. The van der Waals surface area contributed by atoms with Gasteiger partial charge in [0.15, 0.2) is 11.6 Å². The number of nitrogen functional groups attached to an aromatic ring is 2. The molecule has 0 aliphatic carbocycles. The van der Waals surface area contributed by atoms with Crippen LogP contribution in [-0.4, -0.2) is 44.5 Å². The molecule has 0 bridgehead atoms. The number of nitrogens with two attached hydrogens (primary N) is 2. The highest BCUT2D eigenvalue weighted by Gasteiger charge is 2.27. The number of hydrogen-bond donors (Lipinski definition) is 4. The minimum Gasteiger partial charge on any atom is -0.396 e. The van der Waals surface area contributed by atoms with Crippen LogP contribution in [0, 0.1) is 23.4 Å². The zero-order valence-electron chi connectivity index (χ0n) is 16.9. The van der Waals surface area contributed by atoms with E-state index >= 15 is 4.39 Å². The van der Waals surface area contributed by atoms with Crippen molar-refractivity contribution in [2.24, 2.45) is 5.92 Å². The Balaban J connectivity index is 1.86. The maximum atomic E-state index is 15.0. The molecule has 6 nitrogen and oxygen atoms in total. The SMILES string of the molecule is CNC(C(=O)NCC1CCN(C)C1)c1ccc(-c2c(F)ccc(N)c2F)c(F)c1N. The van der Waals surface area contributed by atoms with Crippen molar-refractivity contribution in [2.45, 2.75) is 12.5 Å². The first-order valence-corrected chi connectivity index (χ1v) is 9.69. The first kappa shape index (κ1) is 21.9. The molecule has 1 saturated heterocycles. The van der Waals surface area contributed by atoms with Gasteiger partial charge in [0.1, 0.15) is 11.9 Å². The number of benzene rings is 2. The van der Waals surface area contributed by atoms with Crippen LogP contribution >= 0.6 is 0 Å². The second-order valence-electron chi connectivity index (χ2n) is 7.64. The number of carbonyl (C=O) groups excluding carboxylic acids is 1. The largest absolute Gasteiger partial charge is 0.396 e. The van der Waals surface area contributed by atoms with Gasteiger partial charge in [-0.2, -0.15) is 0 Å². The minimum atomic E-state index is -1.06. The van der Waals surface area contributed by atoms with Gasteiger partial charge in [0.05, 0.1) is 16.9 Å². The molecule has 9 heteroatoms. The molecule has 1 heterocycles. The van der Waals surface area contributed by atoms with E-state index in [0.29, 0.717) is 12.5 Å². The lowest BCUT2D eigenvalue weighted by molar-refractivity contribution is -0.123. The average Bonchev–Trinajstić information content (AvgIpc) is 3.14. The Bertz CT molecular complexity index is 953. The average molecular weight is 421 g/mol. The smallest absolute Gasteiger partial charge is 0.241 e. The van der Waals surface area contributed by atoms with E-state index in [2.05, 4.69) is 15.5 Å². The van der Waals surface area contributed by atoms with Crippen molar-refractivity contribution in [3.05, 3.63) is 47.3 Å². The van der Waals surface area contributed by atoms with Crippen LogP contribution in [0.3, 0.4) is 0 Å². The summed E-state index contributed by atoms with van der Waals surface area (Å²) in [6.07, 6.45) is 0.990. The highest BCUT2D eigenvalue weighted by atomic mass is 19.1. The van der Waals surface area contributed by atoms with Gasteiger partial charge in [-0.05, 0) is 45.1 Å². The van der Waals surface area contributed by atoms with E-state index in [0.717, 1.165) is 31.6 Å². The number of halogens is 3. The van der Waals surface area contributed by atoms with E-state index in [1.807, 2.05) is 7.05 Å². The predicted molar refractivity (Wildman–Crippen MR) is 111 cm³/mol. The van der Waals surface area contributed by atoms with Gasteiger partial charge in [-0.3, -0.25) is 4.79 Å². The minimum absolute atomic E-state index is 0.185. The maximum Gasteiger partial charge on any atom is 0.241 e. The highest BCUT2D eigenvalue weighted by molar-refractivity contribution is 5.86. The number of nitrogens with zero attached hydrogens (tertiary/aromatic N) is 1. The maximum absolute atomic E-state index is 15.0. The van der Waals surface area contributed by atoms with Crippen molar-refractivity contribution in [1.29, 1.82) is 0 Å². The summed E-state index contributed by atoms with van der Waals surface area (Å²) < 4.78 is 43.5. The lowest BCUT2D eigenvalue weighted by Gasteiger charge is -2.21. The zero-order chi connectivity index (χ0) is 22.0. The predicted octanol–water partition coefficient (Wildman–Crippen LogP) is 2.26. The van der Waals surface area contributed by atoms with E-state index in [-0.39, 0.29) is 28.4 Å². The topological polar surface area (TPSA) is 96.4 Å². The molecule has 2 atom stereocenters. The Morgan fingerprint density at radius 2 is 1.93 bits per heavy atom. The summed E-state index contributed by atoms with van der Waals surface area (Å²) in [6, 6.07) is 3.70. The van der Waals surface area contributed by atoms with E-state index < -0.39 is 29.1 Å². The molecule has 1 amide bonds. The number of amides is 1. The van der Waals surface area contributed by atoms with Crippen molar-refractivity contribution in [1.82, 2.24) is 15.5 Å². The number of nitrogens with one attached hydrogen (secondary N) is 2. The quantitative estimate of drug-likeness (QED) is 0.537. The molecule has 30 heavy (non-hydrogen) atoms.